The molecule has 0 aliphatic rings. The van der Waals surface area contributed by atoms with Gasteiger partial charge in [0.25, 0.3) is 0 Å². The Hall–Kier alpha value is -1.06. The van der Waals surface area contributed by atoms with Crippen molar-refractivity contribution in [3.63, 3.8) is 0 Å². The van der Waals surface area contributed by atoms with Crippen LogP contribution in [0.1, 0.15) is 19.2 Å². The van der Waals surface area contributed by atoms with Crippen molar-refractivity contribution in [2.24, 2.45) is 0 Å². The average molecular weight is 256 g/mol. The van der Waals surface area contributed by atoms with Crippen LogP contribution >= 0.6 is 23.2 Å². The molecular weight excluding hydrogens is 245 g/mol. The van der Waals surface area contributed by atoms with Crippen molar-refractivity contribution in [2.75, 3.05) is 5.73 Å². The Morgan fingerprint density at radius 1 is 1.25 bits per heavy atom. The summed E-state index contributed by atoms with van der Waals surface area (Å²) in [6.45, 7) is 2.06. The van der Waals surface area contributed by atoms with E-state index in [4.69, 9.17) is 28.9 Å². The van der Waals surface area contributed by atoms with E-state index < -0.39 is 0 Å². The number of anilines is 1. The third-order valence-corrected chi connectivity index (χ3v) is 2.77. The molecule has 2 N–H and O–H groups in total. The second kappa shape index (κ2) is 4.44. The zero-order valence-corrected chi connectivity index (χ0v) is 10.3. The van der Waals surface area contributed by atoms with Crippen molar-refractivity contribution in [3.8, 4) is 0 Å². The number of benzene rings is 1. The molecule has 0 saturated heterocycles. The lowest BCUT2D eigenvalue weighted by Gasteiger charge is -2.06. The second-order valence-corrected chi connectivity index (χ2v) is 4.40. The van der Waals surface area contributed by atoms with Crippen LogP contribution in [0.2, 0.25) is 10.0 Å². The molecule has 16 heavy (non-hydrogen) atoms. The van der Waals surface area contributed by atoms with E-state index in [-0.39, 0.29) is 0 Å². The van der Waals surface area contributed by atoms with Gasteiger partial charge in [-0.1, -0.05) is 30.1 Å². The highest BCUT2D eigenvalue weighted by Crippen LogP contribution is 2.29. The Labute approximate surface area is 104 Å². The highest BCUT2D eigenvalue weighted by Gasteiger charge is 2.09. The summed E-state index contributed by atoms with van der Waals surface area (Å²) >= 11 is 12.0. The van der Waals surface area contributed by atoms with Crippen molar-refractivity contribution in [1.29, 1.82) is 0 Å². The molecule has 0 radical (unpaired) electrons. The number of hydrogen-bond acceptors (Lipinski definition) is 3. The molecule has 1 heterocycles. The number of halogens is 2. The zero-order valence-electron chi connectivity index (χ0n) is 8.80. The summed E-state index contributed by atoms with van der Waals surface area (Å²) in [4.78, 5) is 8.61. The largest absolute Gasteiger partial charge is 0.383 e. The van der Waals surface area contributed by atoms with Crippen LogP contribution in [0.3, 0.4) is 0 Å². The van der Waals surface area contributed by atoms with Crippen LogP contribution in [-0.2, 0) is 6.42 Å². The van der Waals surface area contributed by atoms with Gasteiger partial charge in [-0.3, -0.25) is 0 Å². The van der Waals surface area contributed by atoms with Gasteiger partial charge in [-0.05, 0) is 18.6 Å². The molecule has 0 aliphatic carbocycles. The monoisotopic (exact) mass is 255 g/mol. The van der Waals surface area contributed by atoms with Gasteiger partial charge in [0.2, 0.25) is 0 Å². The molecule has 5 heteroatoms. The number of rotatable bonds is 2. The molecule has 1 aromatic carbocycles. The van der Waals surface area contributed by atoms with Crippen LogP contribution in [0, 0.1) is 0 Å². The number of nitrogens with zero attached hydrogens (tertiary/aromatic N) is 2. The molecule has 2 aromatic rings. The summed E-state index contributed by atoms with van der Waals surface area (Å²) < 4.78 is 0. The first-order valence-electron chi connectivity index (χ1n) is 5.03. The quantitative estimate of drug-likeness (QED) is 0.894. The molecule has 0 amide bonds. The first-order valence-corrected chi connectivity index (χ1v) is 5.78. The fourth-order valence-electron chi connectivity index (χ4n) is 1.56. The predicted octanol–water partition coefficient (Wildman–Crippen LogP) is 3.47. The van der Waals surface area contributed by atoms with Gasteiger partial charge in [0, 0.05) is 16.8 Å². The second-order valence-electron chi connectivity index (χ2n) is 3.56. The van der Waals surface area contributed by atoms with E-state index in [1.807, 2.05) is 0 Å². The van der Waals surface area contributed by atoms with E-state index in [2.05, 4.69) is 16.9 Å². The maximum atomic E-state index is 6.08. The average Bonchev–Trinajstić information content (AvgIpc) is 2.20. The Morgan fingerprint density at radius 3 is 2.69 bits per heavy atom. The summed E-state index contributed by atoms with van der Waals surface area (Å²) in [6, 6.07) is 3.39. The number of fused-ring (bicyclic) bond motifs is 1. The maximum Gasteiger partial charge on any atom is 0.135 e. The van der Waals surface area contributed by atoms with E-state index >= 15 is 0 Å². The fraction of sp³-hybridized carbons (Fsp3) is 0.273. The van der Waals surface area contributed by atoms with Crippen LogP contribution in [0.5, 0.6) is 0 Å². The molecule has 84 valence electrons. The van der Waals surface area contributed by atoms with Gasteiger partial charge in [-0.2, -0.15) is 0 Å². The van der Waals surface area contributed by atoms with Crippen molar-refractivity contribution < 1.29 is 0 Å². The standard InChI is InChI=1S/C11H11Cl2N3/c1-2-3-9-15-10-7(11(14)16-9)4-6(12)5-8(10)13/h4-5H,2-3H2,1H3,(H2,14,15,16). The number of nitrogens with two attached hydrogens (primary N) is 1. The molecule has 2 rings (SSSR count). The van der Waals surface area contributed by atoms with Gasteiger partial charge in [0.05, 0.1) is 10.5 Å². The van der Waals surface area contributed by atoms with Gasteiger partial charge in [0.15, 0.2) is 0 Å². The van der Waals surface area contributed by atoms with Crippen LogP contribution in [0.25, 0.3) is 10.9 Å². The van der Waals surface area contributed by atoms with E-state index in [1.165, 1.54) is 0 Å². The number of aromatic nitrogens is 2. The molecule has 3 nitrogen and oxygen atoms in total. The zero-order chi connectivity index (χ0) is 11.7. The summed E-state index contributed by atoms with van der Waals surface area (Å²) in [5.74, 6) is 1.15. The molecule has 0 atom stereocenters. The molecule has 0 fully saturated rings. The first-order chi connectivity index (χ1) is 7.61. The fourth-order valence-corrected chi connectivity index (χ4v) is 2.10. The van der Waals surface area contributed by atoms with Gasteiger partial charge < -0.3 is 5.73 Å². The smallest absolute Gasteiger partial charge is 0.135 e. The Bertz CT molecular complexity index is 540. The summed E-state index contributed by atoms with van der Waals surface area (Å²) in [6.07, 6.45) is 1.76. The molecule has 0 unspecified atom stereocenters. The van der Waals surface area contributed by atoms with E-state index in [0.717, 1.165) is 18.7 Å². The SMILES string of the molecule is CCCc1nc(N)c2cc(Cl)cc(Cl)c2n1. The highest BCUT2D eigenvalue weighted by atomic mass is 35.5. The molecule has 0 saturated carbocycles. The minimum atomic E-state index is 0.429. The van der Waals surface area contributed by atoms with E-state index in [1.54, 1.807) is 12.1 Å². The predicted molar refractivity (Wildman–Crippen MR) is 68.0 cm³/mol. The van der Waals surface area contributed by atoms with Crippen LogP contribution < -0.4 is 5.73 Å². The number of aryl methyl sites for hydroxylation is 1. The first kappa shape index (κ1) is 11.4. The van der Waals surface area contributed by atoms with Crippen LogP contribution in [-0.4, -0.2) is 9.97 Å². The Balaban J connectivity index is 2.71. The highest BCUT2D eigenvalue weighted by molar-refractivity contribution is 6.38. The molecule has 0 aliphatic heterocycles. The van der Waals surface area contributed by atoms with Gasteiger partial charge in [0.1, 0.15) is 11.6 Å². The Morgan fingerprint density at radius 2 is 2.00 bits per heavy atom. The normalized spacial score (nSPS) is 10.9. The van der Waals surface area contributed by atoms with Crippen molar-refractivity contribution >= 4 is 39.9 Å². The lowest BCUT2D eigenvalue weighted by Crippen LogP contribution is -2.01. The number of nitrogen functional groups attached to an aromatic ring is 1. The van der Waals surface area contributed by atoms with Crippen molar-refractivity contribution in [3.05, 3.63) is 28.0 Å². The minimum Gasteiger partial charge on any atom is -0.383 e. The van der Waals surface area contributed by atoms with E-state index in [9.17, 15) is 0 Å². The third-order valence-electron chi connectivity index (χ3n) is 2.27. The lowest BCUT2D eigenvalue weighted by molar-refractivity contribution is 0.847. The molecular formula is C11H11Cl2N3. The topological polar surface area (TPSA) is 51.8 Å². The summed E-state index contributed by atoms with van der Waals surface area (Å²) in [5.41, 5.74) is 6.53. The number of hydrogen-bond donors (Lipinski definition) is 1. The summed E-state index contributed by atoms with van der Waals surface area (Å²) in [5, 5.41) is 1.75. The van der Waals surface area contributed by atoms with Crippen molar-refractivity contribution in [2.45, 2.75) is 19.8 Å². The van der Waals surface area contributed by atoms with Gasteiger partial charge in [-0.25, -0.2) is 9.97 Å². The van der Waals surface area contributed by atoms with E-state index in [0.29, 0.717) is 26.8 Å². The molecule has 0 bridgehead atoms. The van der Waals surface area contributed by atoms with Gasteiger partial charge >= 0.3 is 0 Å². The maximum absolute atomic E-state index is 6.08. The van der Waals surface area contributed by atoms with Crippen LogP contribution in [0.15, 0.2) is 12.1 Å². The molecule has 0 spiro atoms. The van der Waals surface area contributed by atoms with Crippen molar-refractivity contribution in [1.82, 2.24) is 9.97 Å². The lowest BCUT2D eigenvalue weighted by atomic mass is 10.2. The molecule has 1 aromatic heterocycles. The van der Waals surface area contributed by atoms with Crippen LogP contribution in [0.4, 0.5) is 5.82 Å². The minimum absolute atomic E-state index is 0.429. The third kappa shape index (κ3) is 2.06. The Kier molecular flexibility index (Phi) is 3.17. The summed E-state index contributed by atoms with van der Waals surface area (Å²) in [7, 11) is 0. The van der Waals surface area contributed by atoms with Gasteiger partial charge in [-0.15, -0.1) is 0 Å².